The first kappa shape index (κ1) is 20.9. The van der Waals surface area contributed by atoms with Crippen LogP contribution in [0.2, 0.25) is 0 Å². The monoisotopic (exact) mass is 415 g/mol. The number of hydrogen-bond donors (Lipinski definition) is 0. The topological polar surface area (TPSA) is 47.0 Å². The lowest BCUT2D eigenvalue weighted by atomic mass is 9.90. The Kier molecular flexibility index (Phi) is 5.67. The van der Waals surface area contributed by atoms with Crippen molar-refractivity contribution in [2.75, 3.05) is 0 Å². The summed E-state index contributed by atoms with van der Waals surface area (Å²) < 4.78 is 50.8. The van der Waals surface area contributed by atoms with Crippen LogP contribution >= 0.6 is 8.46 Å². The molecule has 29 heavy (non-hydrogen) atoms. The highest BCUT2D eigenvalue weighted by Gasteiger charge is 2.33. The number of benzene rings is 2. The molecule has 7 heteroatoms. The molecule has 0 fully saturated rings. The average Bonchev–Trinajstić information content (AvgIpc) is 2.66. The van der Waals surface area contributed by atoms with Gasteiger partial charge >= 0.3 is 6.18 Å². The van der Waals surface area contributed by atoms with Gasteiger partial charge in [-0.25, -0.2) is 0 Å². The Morgan fingerprint density at radius 1 is 0.966 bits per heavy atom. The molecule has 0 amide bonds. The molecule has 0 atom stereocenters. The number of alkyl halides is 3. The molecule has 148 valence electrons. The van der Waals surface area contributed by atoms with Crippen LogP contribution in [0.4, 0.5) is 13.2 Å². The number of rotatable bonds is 4. The summed E-state index contributed by atoms with van der Waals surface area (Å²) in [5, 5.41) is 0.513. The summed E-state index contributed by atoms with van der Waals surface area (Å²) in [5.41, 5.74) is 2.23. The van der Waals surface area contributed by atoms with Crippen molar-refractivity contribution in [2.45, 2.75) is 26.9 Å². The molecule has 3 rings (SSSR count). The van der Waals surface area contributed by atoms with E-state index in [9.17, 15) is 22.5 Å². The molecule has 0 aliphatic carbocycles. The molecule has 0 aliphatic rings. The van der Waals surface area contributed by atoms with E-state index < -0.39 is 17.5 Å². The van der Waals surface area contributed by atoms with Gasteiger partial charge in [-0.1, -0.05) is 29.8 Å². The smallest absolute Gasteiger partial charge is 0.289 e. The van der Waals surface area contributed by atoms with Crippen molar-refractivity contribution in [3.05, 3.63) is 82.0 Å². The summed E-state index contributed by atoms with van der Waals surface area (Å²) >= 11 is 0. The van der Waals surface area contributed by atoms with Crippen molar-refractivity contribution in [1.82, 2.24) is 4.98 Å². The van der Waals surface area contributed by atoms with E-state index in [2.05, 4.69) is 4.98 Å². The third kappa shape index (κ3) is 4.28. The van der Waals surface area contributed by atoms with Crippen molar-refractivity contribution in [1.29, 1.82) is 0 Å². The second-order valence-electron chi connectivity index (χ2n) is 6.86. The second-order valence-corrected chi connectivity index (χ2v) is 7.56. The molecule has 0 spiro atoms. The number of aromatic nitrogens is 1. The number of aryl methyl sites for hydroxylation is 3. The summed E-state index contributed by atoms with van der Waals surface area (Å²) in [5.74, 6) is -0.514. The van der Waals surface area contributed by atoms with E-state index in [1.54, 1.807) is 38.1 Å². The van der Waals surface area contributed by atoms with Gasteiger partial charge < -0.3 is 0 Å². The van der Waals surface area contributed by atoms with E-state index in [0.29, 0.717) is 27.6 Å². The third-order valence-electron chi connectivity index (χ3n) is 4.61. The minimum atomic E-state index is -4.62. The van der Waals surface area contributed by atoms with Gasteiger partial charge in [0.1, 0.15) is 0 Å². The van der Waals surface area contributed by atoms with Gasteiger partial charge in [0.05, 0.1) is 11.3 Å². The zero-order valence-electron chi connectivity index (χ0n) is 16.0. The maximum absolute atomic E-state index is 13.3. The molecule has 0 saturated carbocycles. The van der Waals surface area contributed by atoms with Crippen molar-refractivity contribution in [3.8, 4) is 11.3 Å². The highest BCUT2D eigenvalue weighted by molar-refractivity contribution is 7.34. The van der Waals surface area contributed by atoms with Crippen molar-refractivity contribution < 1.29 is 22.5 Å². The number of pyridine rings is 1. The van der Waals surface area contributed by atoms with E-state index >= 15 is 0 Å². The minimum absolute atomic E-state index is 0.123. The van der Waals surface area contributed by atoms with Crippen LogP contribution < -0.4 is 5.30 Å². The van der Waals surface area contributed by atoms with Gasteiger partial charge in [0, 0.05) is 28.2 Å². The highest BCUT2D eigenvalue weighted by atomic mass is 31.1. The normalized spacial score (nSPS) is 11.7. The lowest BCUT2D eigenvalue weighted by Crippen LogP contribution is -2.13. The lowest BCUT2D eigenvalue weighted by molar-refractivity contribution is -0.137. The molecular weight excluding hydrogens is 398 g/mol. The van der Waals surface area contributed by atoms with Gasteiger partial charge in [-0.2, -0.15) is 13.2 Å². The van der Waals surface area contributed by atoms with Crippen LogP contribution in [0.5, 0.6) is 0 Å². The zero-order valence-corrected chi connectivity index (χ0v) is 16.9. The molecule has 2 aromatic carbocycles. The van der Waals surface area contributed by atoms with E-state index in [1.165, 1.54) is 0 Å². The van der Waals surface area contributed by atoms with Crippen LogP contribution in [0.3, 0.4) is 0 Å². The SMILES string of the molecule is Cc1cc(C)c(C(=O)c2cc(C(F)(F)F)cnc2-c2ccc(P=O)cc2)c(C)c1. The molecule has 0 aliphatic heterocycles. The Balaban J connectivity index is 2.24. The lowest BCUT2D eigenvalue weighted by Gasteiger charge is -2.15. The largest absolute Gasteiger partial charge is 0.417 e. The predicted molar refractivity (Wildman–Crippen MR) is 106 cm³/mol. The molecule has 0 saturated heterocycles. The molecule has 0 radical (unpaired) electrons. The van der Waals surface area contributed by atoms with Crippen LogP contribution in [-0.4, -0.2) is 10.8 Å². The summed E-state index contributed by atoms with van der Waals surface area (Å²) in [6, 6.07) is 10.8. The second kappa shape index (κ2) is 7.88. The van der Waals surface area contributed by atoms with Crippen LogP contribution in [-0.2, 0) is 10.7 Å². The minimum Gasteiger partial charge on any atom is -0.289 e. The first-order valence-corrected chi connectivity index (χ1v) is 9.56. The number of carbonyl (C=O) groups is 1. The first-order chi connectivity index (χ1) is 13.6. The molecule has 1 heterocycles. The molecular formula is C22H17F3NO2P. The highest BCUT2D eigenvalue weighted by Crippen LogP contribution is 2.33. The number of carbonyl (C=O) groups excluding carboxylic acids is 1. The predicted octanol–water partition coefficient (Wildman–Crippen LogP) is 5.84. The van der Waals surface area contributed by atoms with Crippen LogP contribution in [0, 0.1) is 20.8 Å². The summed E-state index contributed by atoms with van der Waals surface area (Å²) in [4.78, 5) is 17.3. The Hall–Kier alpha value is -2.85. The Morgan fingerprint density at radius 3 is 2.07 bits per heavy atom. The van der Waals surface area contributed by atoms with Crippen molar-refractivity contribution >= 4 is 19.5 Å². The van der Waals surface area contributed by atoms with Gasteiger partial charge in [0.15, 0.2) is 14.2 Å². The van der Waals surface area contributed by atoms with E-state index in [4.69, 9.17) is 0 Å². The van der Waals surface area contributed by atoms with Gasteiger partial charge in [-0.15, -0.1) is 0 Å². The van der Waals surface area contributed by atoms with Gasteiger partial charge in [0.2, 0.25) is 0 Å². The van der Waals surface area contributed by atoms with Crippen LogP contribution in [0.1, 0.15) is 38.2 Å². The molecule has 0 bridgehead atoms. The molecule has 1 aromatic heterocycles. The van der Waals surface area contributed by atoms with Crippen LogP contribution in [0.15, 0.2) is 48.7 Å². The van der Waals surface area contributed by atoms with E-state index in [0.717, 1.165) is 17.8 Å². The van der Waals surface area contributed by atoms with Crippen LogP contribution in [0.25, 0.3) is 11.3 Å². The standard InChI is InChI=1S/C22H17F3NO2P/c1-12-8-13(2)19(14(3)9-12)21(27)18-10-16(22(23,24)25)11-26-20(18)15-4-6-17(29-28)7-5-15/h4-11H,1-3H3. The fourth-order valence-electron chi connectivity index (χ4n) is 3.38. The zero-order chi connectivity index (χ0) is 21.3. The Bertz CT molecular complexity index is 1080. The quantitative estimate of drug-likeness (QED) is 0.397. The Morgan fingerprint density at radius 2 is 1.55 bits per heavy atom. The fraction of sp³-hybridized carbons (Fsp3) is 0.182. The van der Waals surface area contributed by atoms with E-state index in [-0.39, 0.29) is 19.7 Å². The van der Waals surface area contributed by atoms with Crippen molar-refractivity contribution in [3.63, 3.8) is 0 Å². The van der Waals surface area contributed by atoms with Gasteiger partial charge in [-0.3, -0.25) is 14.3 Å². The Labute approximate surface area is 167 Å². The summed E-state index contributed by atoms with van der Waals surface area (Å²) in [6.07, 6.45) is -3.90. The molecule has 3 aromatic rings. The molecule has 0 unspecified atom stereocenters. The fourth-order valence-corrected chi connectivity index (χ4v) is 3.65. The number of halogens is 3. The summed E-state index contributed by atoms with van der Waals surface area (Å²) in [6.45, 7) is 5.41. The molecule has 3 nitrogen and oxygen atoms in total. The van der Waals surface area contributed by atoms with Gasteiger partial charge in [-0.05, 0) is 50.1 Å². The maximum Gasteiger partial charge on any atom is 0.417 e. The maximum atomic E-state index is 13.3. The summed E-state index contributed by atoms with van der Waals surface area (Å²) in [7, 11) is -0.171. The van der Waals surface area contributed by atoms with Gasteiger partial charge in [0.25, 0.3) is 0 Å². The molecule has 0 N–H and O–H groups in total. The average molecular weight is 415 g/mol. The number of hydrogen-bond acceptors (Lipinski definition) is 3. The number of ketones is 1. The third-order valence-corrected chi connectivity index (χ3v) is 5.12. The first-order valence-electron chi connectivity index (χ1n) is 8.75. The van der Waals surface area contributed by atoms with Crippen molar-refractivity contribution in [2.24, 2.45) is 0 Å². The van der Waals surface area contributed by atoms with E-state index in [1.807, 2.05) is 19.1 Å². The number of nitrogens with zero attached hydrogens (tertiary/aromatic N) is 1.